The molecule has 2 aliphatic carbocycles. The molecule has 4 atom stereocenters. The topological polar surface area (TPSA) is 164 Å². The van der Waals surface area contributed by atoms with Crippen molar-refractivity contribution in [3.63, 3.8) is 0 Å². The van der Waals surface area contributed by atoms with Crippen molar-refractivity contribution < 1.29 is 37.5 Å². The number of hydrogen-bond donors (Lipinski definition) is 3. The van der Waals surface area contributed by atoms with Gasteiger partial charge in [0.2, 0.25) is 21.8 Å². The van der Waals surface area contributed by atoms with E-state index < -0.39 is 62.2 Å². The number of rotatable bonds is 13. The van der Waals surface area contributed by atoms with E-state index in [1.54, 1.807) is 24.7 Å². The molecule has 2 saturated carbocycles. The maximum Gasteiger partial charge on any atom is 0.259 e. The van der Waals surface area contributed by atoms with E-state index in [0.717, 1.165) is 16.0 Å². The molecule has 1 saturated heterocycles. The number of carbonyl (C=O) groups excluding carboxylic acids is 3. The van der Waals surface area contributed by atoms with Gasteiger partial charge < -0.3 is 24.9 Å². The summed E-state index contributed by atoms with van der Waals surface area (Å²) in [7, 11) is -2.28. The second-order valence-electron chi connectivity index (χ2n) is 12.4. The van der Waals surface area contributed by atoms with Gasteiger partial charge in [0.25, 0.3) is 5.91 Å². The summed E-state index contributed by atoms with van der Waals surface area (Å²) in [5, 5.41) is 18.6. The van der Waals surface area contributed by atoms with Crippen LogP contribution in [0.15, 0.2) is 53.5 Å². The van der Waals surface area contributed by atoms with Gasteiger partial charge >= 0.3 is 0 Å². The summed E-state index contributed by atoms with van der Waals surface area (Å²) < 4.78 is 32.4. The molecule has 2 heterocycles. The number of oxime groups is 1. The summed E-state index contributed by atoms with van der Waals surface area (Å²) in [6.07, 6.45) is 3.32. The molecule has 0 spiro atoms. The molecular formula is C31H38N4O8S2. The zero-order chi connectivity index (χ0) is 32.6. The minimum atomic E-state index is -3.85. The molecule has 0 bridgehead atoms. The average molecular weight is 659 g/mol. The molecule has 1 aromatic heterocycles. The predicted octanol–water partition coefficient (Wildman–Crippen LogP) is 2.57. The zero-order valence-electron chi connectivity index (χ0n) is 25.4. The van der Waals surface area contributed by atoms with E-state index in [0.29, 0.717) is 18.6 Å². The van der Waals surface area contributed by atoms with Crippen molar-refractivity contribution in [3.05, 3.63) is 53.9 Å². The molecule has 2 aromatic rings. The average Bonchev–Trinajstić information content (AvgIpc) is 3.85. The fraction of sp³-hybridized carbons (Fsp3) is 0.484. The molecule has 12 nitrogen and oxygen atoms in total. The van der Waals surface area contributed by atoms with Crippen molar-refractivity contribution in [3.8, 4) is 16.2 Å². The van der Waals surface area contributed by atoms with E-state index in [-0.39, 0.29) is 25.8 Å². The van der Waals surface area contributed by atoms with Crippen LogP contribution in [-0.2, 0) is 29.2 Å². The van der Waals surface area contributed by atoms with Crippen LogP contribution < -0.4 is 14.8 Å². The van der Waals surface area contributed by atoms with Crippen molar-refractivity contribution in [2.45, 2.75) is 74.5 Å². The highest BCUT2D eigenvalue weighted by Gasteiger charge is 2.62. The first-order valence-corrected chi connectivity index (χ1v) is 17.1. The van der Waals surface area contributed by atoms with E-state index in [4.69, 9.17) is 9.57 Å². The van der Waals surface area contributed by atoms with Gasteiger partial charge in [-0.15, -0.1) is 17.9 Å². The maximum atomic E-state index is 13.7. The number of amides is 3. The van der Waals surface area contributed by atoms with Crippen LogP contribution in [0.3, 0.4) is 0 Å². The second-order valence-corrected chi connectivity index (χ2v) is 15.3. The number of aliphatic hydroxyl groups is 1. The molecule has 0 radical (unpaired) electrons. The van der Waals surface area contributed by atoms with Gasteiger partial charge in [-0.25, -0.2) is 8.42 Å². The Bertz CT molecular complexity index is 1600. The van der Waals surface area contributed by atoms with Gasteiger partial charge in [0, 0.05) is 28.3 Å². The number of likely N-dealkylation sites (tertiary alicyclic amines) is 1. The van der Waals surface area contributed by atoms with Crippen LogP contribution in [0.5, 0.6) is 5.75 Å². The number of nitrogens with one attached hydrogen (secondary N) is 2. The zero-order valence-corrected chi connectivity index (χ0v) is 27.0. The summed E-state index contributed by atoms with van der Waals surface area (Å²) in [6, 6.07) is 8.49. The second kappa shape index (κ2) is 12.6. The Hall–Kier alpha value is -3.75. The number of sulfonamides is 1. The number of benzene rings is 1. The summed E-state index contributed by atoms with van der Waals surface area (Å²) in [6.45, 7) is 6.72. The summed E-state index contributed by atoms with van der Waals surface area (Å²) in [4.78, 5) is 48.3. The SMILES string of the molecule is C=C[C@@H]1C[C@@]1(NC(=O)C1CC(O/N=C/c2cc(OC)ccc2-c2cccs2)CN1C(=O)CC(C)(C)O)C(=O)NS(=O)(=O)C1CC1. The number of hydrogen-bond acceptors (Lipinski definition) is 10. The van der Waals surface area contributed by atoms with Crippen molar-refractivity contribution in [2.24, 2.45) is 11.1 Å². The van der Waals surface area contributed by atoms with Gasteiger partial charge in [0.1, 0.15) is 23.4 Å². The minimum Gasteiger partial charge on any atom is -0.497 e. The molecule has 242 valence electrons. The molecule has 14 heteroatoms. The normalized spacial score (nSPS) is 24.7. The minimum absolute atomic E-state index is 0.0143. The molecule has 2 unspecified atom stereocenters. The molecular weight excluding hydrogens is 620 g/mol. The Morgan fingerprint density at radius 3 is 2.62 bits per heavy atom. The van der Waals surface area contributed by atoms with Gasteiger partial charge in [-0.1, -0.05) is 17.3 Å². The molecule has 3 aliphatic rings. The fourth-order valence-corrected chi connectivity index (χ4v) is 7.63. The third kappa shape index (κ3) is 7.39. The Kier molecular flexibility index (Phi) is 9.11. The summed E-state index contributed by atoms with van der Waals surface area (Å²) in [5.41, 5.74) is -1.15. The van der Waals surface area contributed by atoms with Crippen LogP contribution in [0.2, 0.25) is 0 Å². The Labute approximate surface area is 266 Å². The number of nitrogens with zero attached hydrogens (tertiary/aromatic N) is 2. The van der Waals surface area contributed by atoms with Crippen molar-refractivity contribution >= 4 is 45.3 Å². The Balaban J connectivity index is 1.33. The number of methoxy groups -OCH3 is 1. The van der Waals surface area contributed by atoms with Gasteiger partial charge in [-0.2, -0.15) is 0 Å². The van der Waals surface area contributed by atoms with Crippen LogP contribution >= 0.6 is 11.3 Å². The first kappa shape index (κ1) is 32.6. The van der Waals surface area contributed by atoms with Crippen molar-refractivity contribution in [1.82, 2.24) is 14.9 Å². The first-order chi connectivity index (χ1) is 21.3. The molecule has 5 rings (SSSR count). The lowest BCUT2D eigenvalue weighted by Gasteiger charge is -2.28. The predicted molar refractivity (Wildman–Crippen MR) is 169 cm³/mol. The molecule has 3 fully saturated rings. The largest absolute Gasteiger partial charge is 0.497 e. The third-order valence-electron chi connectivity index (χ3n) is 8.17. The van der Waals surface area contributed by atoms with Gasteiger partial charge in [0.15, 0.2) is 0 Å². The van der Waals surface area contributed by atoms with Gasteiger partial charge in [-0.3, -0.25) is 19.1 Å². The highest BCUT2D eigenvalue weighted by molar-refractivity contribution is 7.91. The molecule has 3 amide bonds. The molecule has 1 aromatic carbocycles. The molecule has 3 N–H and O–H groups in total. The lowest BCUT2D eigenvalue weighted by Crippen LogP contribution is -2.56. The van der Waals surface area contributed by atoms with Crippen molar-refractivity contribution in [2.75, 3.05) is 13.7 Å². The van der Waals surface area contributed by atoms with Gasteiger partial charge in [-0.05, 0) is 62.8 Å². The van der Waals surface area contributed by atoms with Crippen LogP contribution in [0, 0.1) is 5.92 Å². The number of thiophene rings is 1. The number of ether oxygens (including phenoxy) is 1. The Morgan fingerprint density at radius 2 is 2.02 bits per heavy atom. The highest BCUT2D eigenvalue weighted by atomic mass is 32.2. The third-order valence-corrected chi connectivity index (χ3v) is 10.9. The lowest BCUT2D eigenvalue weighted by molar-refractivity contribution is -0.142. The van der Waals surface area contributed by atoms with E-state index in [2.05, 4.69) is 21.8 Å². The number of carbonyl (C=O) groups is 3. The molecule has 1 aliphatic heterocycles. The quantitative estimate of drug-likeness (QED) is 0.168. The van der Waals surface area contributed by atoms with Crippen LogP contribution in [0.25, 0.3) is 10.4 Å². The standard InChI is InChI=1S/C31H38N4O8S2/c1-5-20-15-31(20,29(38)34-45(40,41)23-9-10-23)33-28(37)25-14-22(18-35(25)27(36)16-30(2,3)39)43-32-17-19-13-21(42-4)8-11-24(19)26-7-6-12-44-26/h5-8,11-13,17,20,22-23,25,39H,1,9-10,14-16,18H2,2-4H3,(H,33,37)(H,34,38)/b32-17+/t20-,22?,25?,31+/m1/s1. The van der Waals surface area contributed by atoms with E-state index in [9.17, 15) is 27.9 Å². The maximum absolute atomic E-state index is 13.7. The highest BCUT2D eigenvalue weighted by Crippen LogP contribution is 2.45. The summed E-state index contributed by atoms with van der Waals surface area (Å²) in [5.74, 6) is -1.77. The fourth-order valence-electron chi connectivity index (χ4n) is 5.49. The van der Waals surface area contributed by atoms with E-state index in [1.807, 2.05) is 35.7 Å². The van der Waals surface area contributed by atoms with E-state index in [1.165, 1.54) is 24.8 Å². The van der Waals surface area contributed by atoms with Crippen LogP contribution in [-0.4, -0.2) is 84.6 Å². The smallest absolute Gasteiger partial charge is 0.259 e. The molecule has 45 heavy (non-hydrogen) atoms. The van der Waals surface area contributed by atoms with Crippen LogP contribution in [0.4, 0.5) is 0 Å². The van der Waals surface area contributed by atoms with Crippen LogP contribution in [0.1, 0.15) is 51.5 Å². The monoisotopic (exact) mass is 658 g/mol. The Morgan fingerprint density at radius 1 is 1.27 bits per heavy atom. The first-order valence-electron chi connectivity index (χ1n) is 14.7. The lowest BCUT2D eigenvalue weighted by atomic mass is 10.0. The summed E-state index contributed by atoms with van der Waals surface area (Å²) >= 11 is 1.57. The van der Waals surface area contributed by atoms with E-state index >= 15 is 0 Å². The van der Waals surface area contributed by atoms with Gasteiger partial charge in [0.05, 0.1) is 37.1 Å². The van der Waals surface area contributed by atoms with Crippen molar-refractivity contribution in [1.29, 1.82) is 0 Å².